The summed E-state index contributed by atoms with van der Waals surface area (Å²) in [6.45, 7) is 2.05. The number of aryl methyl sites for hydroxylation is 3. The van der Waals surface area contributed by atoms with Crippen molar-refractivity contribution in [3.05, 3.63) is 32.9 Å². The van der Waals surface area contributed by atoms with Gasteiger partial charge in [-0.25, -0.2) is 9.97 Å². The first-order valence-electron chi connectivity index (χ1n) is 5.60. The van der Waals surface area contributed by atoms with Gasteiger partial charge in [-0.05, 0) is 53.7 Å². The molecular weight excluding hydrogens is 298 g/mol. The number of nitrogens with zero attached hydrogens (tertiary/aromatic N) is 2. The van der Waals surface area contributed by atoms with Crippen LogP contribution >= 0.6 is 27.3 Å². The first kappa shape index (κ1) is 11.2. The first-order valence-corrected chi connectivity index (χ1v) is 7.21. The van der Waals surface area contributed by atoms with Crippen LogP contribution in [0.15, 0.2) is 16.7 Å². The van der Waals surface area contributed by atoms with E-state index in [9.17, 15) is 0 Å². The number of anilines is 2. The van der Waals surface area contributed by atoms with Crippen molar-refractivity contribution < 1.29 is 0 Å². The van der Waals surface area contributed by atoms with Crippen LogP contribution in [0.1, 0.15) is 22.6 Å². The second-order valence-electron chi connectivity index (χ2n) is 4.19. The van der Waals surface area contributed by atoms with Crippen molar-refractivity contribution in [3.63, 3.8) is 0 Å². The number of hydrogen-bond donors (Lipinski definition) is 1. The summed E-state index contributed by atoms with van der Waals surface area (Å²) >= 11 is 5.20. The monoisotopic (exact) mass is 309 g/mol. The van der Waals surface area contributed by atoms with Crippen LogP contribution in [0.4, 0.5) is 10.9 Å². The Kier molecular flexibility index (Phi) is 2.88. The number of rotatable bonds is 2. The van der Waals surface area contributed by atoms with E-state index >= 15 is 0 Å². The molecule has 17 heavy (non-hydrogen) atoms. The second-order valence-corrected chi connectivity index (χ2v) is 6.12. The molecule has 0 aromatic carbocycles. The molecule has 0 amide bonds. The maximum Gasteiger partial charge on any atom is 0.188 e. The Morgan fingerprint density at radius 1 is 1.41 bits per heavy atom. The van der Waals surface area contributed by atoms with Crippen molar-refractivity contribution in [1.29, 1.82) is 0 Å². The second kappa shape index (κ2) is 4.38. The Bertz CT molecular complexity index is 543. The number of nitrogens with one attached hydrogen (secondary N) is 1. The number of aromatic nitrogens is 2. The van der Waals surface area contributed by atoms with Gasteiger partial charge >= 0.3 is 0 Å². The molecule has 2 heterocycles. The van der Waals surface area contributed by atoms with Crippen molar-refractivity contribution in [2.24, 2.45) is 0 Å². The van der Waals surface area contributed by atoms with Crippen LogP contribution in [-0.4, -0.2) is 9.97 Å². The van der Waals surface area contributed by atoms with Gasteiger partial charge in [0.15, 0.2) is 5.13 Å². The van der Waals surface area contributed by atoms with Crippen LogP contribution in [0, 0.1) is 6.92 Å². The number of pyridine rings is 1. The average molecular weight is 310 g/mol. The number of fused-ring (bicyclic) bond motifs is 1. The molecule has 0 spiro atoms. The molecule has 2 aromatic heterocycles. The lowest BCUT2D eigenvalue weighted by molar-refractivity contribution is 0.900. The lowest BCUT2D eigenvalue weighted by atomic mass is 10.3. The Labute approximate surface area is 112 Å². The highest BCUT2D eigenvalue weighted by molar-refractivity contribution is 9.10. The van der Waals surface area contributed by atoms with Crippen LogP contribution in [0.3, 0.4) is 0 Å². The molecule has 3 rings (SSSR count). The zero-order chi connectivity index (χ0) is 11.8. The van der Waals surface area contributed by atoms with E-state index in [0.29, 0.717) is 0 Å². The minimum Gasteiger partial charge on any atom is -0.316 e. The molecule has 5 heteroatoms. The summed E-state index contributed by atoms with van der Waals surface area (Å²) in [6, 6.07) is 2.02. The normalized spacial score (nSPS) is 13.8. The summed E-state index contributed by atoms with van der Waals surface area (Å²) in [5.74, 6) is 0.859. The number of halogens is 1. The van der Waals surface area contributed by atoms with Crippen molar-refractivity contribution in [3.8, 4) is 0 Å². The van der Waals surface area contributed by atoms with Gasteiger partial charge in [-0.2, -0.15) is 0 Å². The fraction of sp³-hybridized carbons (Fsp3) is 0.333. The summed E-state index contributed by atoms with van der Waals surface area (Å²) < 4.78 is 1.03. The van der Waals surface area contributed by atoms with Crippen LogP contribution in [-0.2, 0) is 12.8 Å². The first-order chi connectivity index (χ1) is 8.22. The lowest BCUT2D eigenvalue weighted by Crippen LogP contribution is -1.94. The van der Waals surface area contributed by atoms with Crippen LogP contribution in [0.25, 0.3) is 0 Å². The topological polar surface area (TPSA) is 37.8 Å². The van der Waals surface area contributed by atoms with Crippen molar-refractivity contribution >= 4 is 38.2 Å². The molecule has 1 aliphatic carbocycles. The minimum absolute atomic E-state index is 0.859. The molecule has 0 saturated carbocycles. The summed E-state index contributed by atoms with van der Waals surface area (Å²) in [4.78, 5) is 10.4. The highest BCUT2D eigenvalue weighted by Gasteiger charge is 2.16. The summed E-state index contributed by atoms with van der Waals surface area (Å²) in [6.07, 6.45) is 5.38. The van der Waals surface area contributed by atoms with Crippen LogP contribution in [0.2, 0.25) is 0 Å². The predicted molar refractivity (Wildman–Crippen MR) is 74.1 cm³/mol. The molecule has 0 unspecified atom stereocenters. The number of thiazole rings is 1. The quantitative estimate of drug-likeness (QED) is 0.916. The van der Waals surface area contributed by atoms with Crippen LogP contribution < -0.4 is 5.32 Å². The van der Waals surface area contributed by atoms with E-state index in [-0.39, 0.29) is 0 Å². The fourth-order valence-electron chi connectivity index (χ4n) is 1.96. The van der Waals surface area contributed by atoms with E-state index in [4.69, 9.17) is 0 Å². The molecule has 0 fully saturated rings. The Hall–Kier alpha value is -0.940. The van der Waals surface area contributed by atoms with Crippen molar-refractivity contribution in [2.75, 3.05) is 5.32 Å². The van der Waals surface area contributed by atoms with Crippen molar-refractivity contribution in [2.45, 2.75) is 26.2 Å². The predicted octanol–water partition coefficient (Wildman–Crippen LogP) is 3.84. The Balaban J connectivity index is 1.83. The molecule has 88 valence electrons. The smallest absolute Gasteiger partial charge is 0.188 e. The van der Waals surface area contributed by atoms with Gasteiger partial charge in [-0.1, -0.05) is 0 Å². The zero-order valence-corrected chi connectivity index (χ0v) is 11.9. The standard InChI is InChI=1S/C12H12BrN3S/c1-7-5-11(14-6-8(7)13)16-12-15-9-3-2-4-10(9)17-12/h5-6H,2-4H2,1H3,(H,14,15,16). The third-order valence-electron chi connectivity index (χ3n) is 2.88. The molecule has 0 bridgehead atoms. The van der Waals surface area contributed by atoms with E-state index in [2.05, 4.69) is 38.1 Å². The fourth-order valence-corrected chi connectivity index (χ4v) is 3.23. The highest BCUT2D eigenvalue weighted by atomic mass is 79.9. The lowest BCUT2D eigenvalue weighted by Gasteiger charge is -2.03. The Morgan fingerprint density at radius 2 is 2.29 bits per heavy atom. The van der Waals surface area contributed by atoms with Crippen LogP contribution in [0.5, 0.6) is 0 Å². The van der Waals surface area contributed by atoms with Gasteiger partial charge in [0.05, 0.1) is 5.69 Å². The molecule has 1 aliphatic rings. The zero-order valence-electron chi connectivity index (χ0n) is 9.46. The molecule has 0 atom stereocenters. The third-order valence-corrected chi connectivity index (χ3v) is 4.78. The summed E-state index contributed by atoms with van der Waals surface area (Å²) in [5, 5.41) is 4.24. The van der Waals surface area contributed by atoms with Gasteiger partial charge in [-0.3, -0.25) is 0 Å². The van der Waals surface area contributed by atoms with E-state index in [0.717, 1.165) is 21.8 Å². The average Bonchev–Trinajstić information content (AvgIpc) is 2.84. The Morgan fingerprint density at radius 3 is 3.06 bits per heavy atom. The van der Waals surface area contributed by atoms with Gasteiger partial charge in [0.25, 0.3) is 0 Å². The number of hydrogen-bond acceptors (Lipinski definition) is 4. The van der Waals surface area contributed by atoms with Gasteiger partial charge < -0.3 is 5.32 Å². The van der Waals surface area contributed by atoms with Gasteiger partial charge in [0.1, 0.15) is 5.82 Å². The van der Waals surface area contributed by atoms with Gasteiger partial charge in [-0.15, -0.1) is 11.3 Å². The van der Waals surface area contributed by atoms with E-state index in [1.165, 1.54) is 29.0 Å². The van der Waals surface area contributed by atoms with E-state index in [1.807, 2.05) is 12.3 Å². The highest BCUT2D eigenvalue weighted by Crippen LogP contribution is 2.32. The molecule has 2 aromatic rings. The molecule has 0 radical (unpaired) electrons. The summed E-state index contributed by atoms with van der Waals surface area (Å²) in [5.41, 5.74) is 2.44. The minimum atomic E-state index is 0.859. The van der Waals surface area contributed by atoms with Crippen molar-refractivity contribution in [1.82, 2.24) is 9.97 Å². The van der Waals surface area contributed by atoms with E-state index < -0.39 is 0 Å². The van der Waals surface area contributed by atoms with Gasteiger partial charge in [0, 0.05) is 15.5 Å². The SMILES string of the molecule is Cc1cc(Nc2nc3c(s2)CCC3)ncc1Br. The molecule has 3 nitrogen and oxygen atoms in total. The molecule has 0 saturated heterocycles. The third kappa shape index (κ3) is 2.21. The molecule has 0 aliphatic heterocycles. The van der Waals surface area contributed by atoms with E-state index in [1.54, 1.807) is 11.3 Å². The largest absolute Gasteiger partial charge is 0.316 e. The van der Waals surface area contributed by atoms with Gasteiger partial charge in [0.2, 0.25) is 0 Å². The maximum atomic E-state index is 4.59. The summed E-state index contributed by atoms with van der Waals surface area (Å²) in [7, 11) is 0. The molecular formula is C12H12BrN3S. The molecule has 1 N–H and O–H groups in total. The maximum absolute atomic E-state index is 4.59.